The third-order valence-electron chi connectivity index (χ3n) is 2.15. The summed E-state index contributed by atoms with van der Waals surface area (Å²) in [7, 11) is 0. The normalized spacial score (nSPS) is 17.7. The Hall–Kier alpha value is -1.67. The van der Waals surface area contributed by atoms with E-state index in [1.165, 1.54) is 6.20 Å². The number of ether oxygens (including phenoxy) is 2. The molecule has 1 aliphatic heterocycles. The van der Waals surface area contributed by atoms with E-state index in [0.717, 1.165) is 0 Å². The van der Waals surface area contributed by atoms with Gasteiger partial charge in [0.1, 0.15) is 17.5 Å². The van der Waals surface area contributed by atoms with Crippen molar-refractivity contribution in [2.75, 3.05) is 13.2 Å². The second-order valence-corrected chi connectivity index (χ2v) is 3.79. The van der Waals surface area contributed by atoms with E-state index < -0.39 is 0 Å². The molecule has 1 aromatic rings. The van der Waals surface area contributed by atoms with E-state index in [1.807, 2.05) is 13.0 Å². The summed E-state index contributed by atoms with van der Waals surface area (Å²) in [6.45, 7) is 4.74. The van der Waals surface area contributed by atoms with Crippen LogP contribution in [0.1, 0.15) is 18.3 Å². The molecule has 1 aromatic heterocycles. The van der Waals surface area contributed by atoms with E-state index in [1.54, 1.807) is 6.92 Å². The highest BCUT2D eigenvalue weighted by atomic mass is 16.6. The summed E-state index contributed by atoms with van der Waals surface area (Å²) >= 11 is 0. The third kappa shape index (κ3) is 1.90. The molecule has 0 radical (unpaired) electrons. The molecule has 0 aromatic carbocycles. The first-order chi connectivity index (χ1) is 7.13. The maximum absolute atomic E-state index is 8.86. The molecule has 15 heavy (non-hydrogen) atoms. The maximum atomic E-state index is 8.86. The topological polar surface area (TPSA) is 68.0 Å². The average Bonchev–Trinajstić information content (AvgIpc) is 2.16. The highest BCUT2D eigenvalue weighted by Gasteiger charge is 2.36. The lowest BCUT2D eigenvalue weighted by atomic mass is 10.1. The van der Waals surface area contributed by atoms with E-state index in [-0.39, 0.29) is 5.60 Å². The highest BCUT2D eigenvalue weighted by molar-refractivity contribution is 5.36. The molecule has 5 nitrogen and oxygen atoms in total. The van der Waals surface area contributed by atoms with Gasteiger partial charge in [0.25, 0.3) is 0 Å². The van der Waals surface area contributed by atoms with Crippen molar-refractivity contribution in [3.8, 4) is 11.9 Å². The Morgan fingerprint density at radius 2 is 2.33 bits per heavy atom. The first kappa shape index (κ1) is 9.87. The van der Waals surface area contributed by atoms with Crippen molar-refractivity contribution >= 4 is 0 Å². The van der Waals surface area contributed by atoms with E-state index >= 15 is 0 Å². The predicted molar refractivity (Wildman–Crippen MR) is 51.3 cm³/mol. The summed E-state index contributed by atoms with van der Waals surface area (Å²) in [5.41, 5.74) is 0.000532. The minimum Gasteiger partial charge on any atom is -0.465 e. The van der Waals surface area contributed by atoms with Crippen molar-refractivity contribution in [2.45, 2.75) is 19.4 Å². The minimum atomic E-state index is -0.355. The second-order valence-electron chi connectivity index (χ2n) is 3.79. The molecule has 1 aliphatic rings. The van der Waals surface area contributed by atoms with Crippen LogP contribution in [0.3, 0.4) is 0 Å². The van der Waals surface area contributed by atoms with Crippen molar-refractivity contribution in [3.05, 3.63) is 17.6 Å². The summed E-state index contributed by atoms with van der Waals surface area (Å²) in [5.74, 6) is 0.934. The van der Waals surface area contributed by atoms with Gasteiger partial charge < -0.3 is 9.47 Å². The van der Waals surface area contributed by atoms with Crippen LogP contribution < -0.4 is 4.74 Å². The average molecular weight is 205 g/mol. The molecule has 0 aliphatic carbocycles. The quantitative estimate of drug-likeness (QED) is 0.715. The van der Waals surface area contributed by atoms with Gasteiger partial charge in [-0.1, -0.05) is 0 Å². The molecular formula is C10H11N3O2. The third-order valence-corrected chi connectivity index (χ3v) is 2.15. The second kappa shape index (κ2) is 3.48. The molecule has 0 saturated carbocycles. The summed E-state index contributed by atoms with van der Waals surface area (Å²) in [6, 6.07) is 2.00. The molecule has 0 bridgehead atoms. The number of aromatic nitrogens is 2. The van der Waals surface area contributed by atoms with Crippen LogP contribution in [-0.4, -0.2) is 28.8 Å². The van der Waals surface area contributed by atoms with Crippen molar-refractivity contribution in [2.24, 2.45) is 0 Å². The molecule has 0 amide bonds. The molecule has 0 unspecified atom stereocenters. The number of aryl methyl sites for hydroxylation is 1. The summed E-state index contributed by atoms with van der Waals surface area (Å²) in [6.07, 6.45) is 1.47. The van der Waals surface area contributed by atoms with E-state index in [0.29, 0.717) is 30.5 Å². The zero-order valence-corrected chi connectivity index (χ0v) is 8.65. The lowest BCUT2D eigenvalue weighted by molar-refractivity contribution is -0.151. The highest BCUT2D eigenvalue weighted by Crippen LogP contribution is 2.25. The smallest absolute Gasteiger partial charge is 0.235 e. The van der Waals surface area contributed by atoms with Gasteiger partial charge in [0, 0.05) is 0 Å². The van der Waals surface area contributed by atoms with Crippen molar-refractivity contribution < 1.29 is 9.47 Å². The van der Waals surface area contributed by atoms with Gasteiger partial charge >= 0.3 is 0 Å². The van der Waals surface area contributed by atoms with Crippen molar-refractivity contribution in [1.82, 2.24) is 9.97 Å². The molecule has 1 saturated heterocycles. The number of nitrogens with zero attached hydrogens (tertiary/aromatic N) is 3. The van der Waals surface area contributed by atoms with E-state index in [4.69, 9.17) is 14.7 Å². The zero-order valence-electron chi connectivity index (χ0n) is 8.65. The molecule has 0 spiro atoms. The largest absolute Gasteiger partial charge is 0.465 e. The Morgan fingerprint density at radius 3 is 2.87 bits per heavy atom. The Kier molecular flexibility index (Phi) is 2.29. The standard InChI is InChI=1S/C10H11N3O2/c1-7-12-4-8(3-11)9(13-7)15-10(2)5-14-6-10/h4H,5-6H2,1-2H3. The van der Waals surface area contributed by atoms with Gasteiger partial charge in [0.05, 0.1) is 19.4 Å². The Morgan fingerprint density at radius 1 is 1.60 bits per heavy atom. The molecule has 0 N–H and O–H groups in total. The molecular weight excluding hydrogens is 194 g/mol. The first-order valence-corrected chi connectivity index (χ1v) is 4.63. The zero-order chi connectivity index (χ0) is 10.9. The Labute approximate surface area is 87.7 Å². The molecule has 78 valence electrons. The van der Waals surface area contributed by atoms with Crippen LogP contribution in [0.2, 0.25) is 0 Å². The molecule has 0 atom stereocenters. The number of hydrogen-bond acceptors (Lipinski definition) is 5. The molecule has 5 heteroatoms. The predicted octanol–water partition coefficient (Wildman–Crippen LogP) is 0.824. The fourth-order valence-electron chi connectivity index (χ4n) is 1.29. The molecule has 1 fully saturated rings. The lowest BCUT2D eigenvalue weighted by Crippen LogP contribution is -2.52. The Bertz CT molecular complexity index is 421. The van der Waals surface area contributed by atoms with Crippen LogP contribution in [-0.2, 0) is 4.74 Å². The van der Waals surface area contributed by atoms with Gasteiger partial charge in [-0.3, -0.25) is 0 Å². The summed E-state index contributed by atoms with van der Waals surface area (Å²) in [5, 5.41) is 8.86. The van der Waals surface area contributed by atoms with Crippen LogP contribution in [0.15, 0.2) is 6.20 Å². The van der Waals surface area contributed by atoms with Crippen LogP contribution >= 0.6 is 0 Å². The minimum absolute atomic E-state index is 0.343. The van der Waals surface area contributed by atoms with Gasteiger partial charge in [-0.15, -0.1) is 0 Å². The monoisotopic (exact) mass is 205 g/mol. The number of hydrogen-bond donors (Lipinski definition) is 0. The van der Waals surface area contributed by atoms with Crippen molar-refractivity contribution in [3.63, 3.8) is 0 Å². The Balaban J connectivity index is 2.26. The van der Waals surface area contributed by atoms with Crippen molar-refractivity contribution in [1.29, 1.82) is 5.26 Å². The molecule has 2 heterocycles. The van der Waals surface area contributed by atoms with Gasteiger partial charge in [-0.05, 0) is 13.8 Å². The SMILES string of the molecule is Cc1ncc(C#N)c(OC2(C)COC2)n1. The molecule has 2 rings (SSSR count). The fraction of sp³-hybridized carbons (Fsp3) is 0.500. The number of nitriles is 1. The first-order valence-electron chi connectivity index (χ1n) is 4.63. The number of rotatable bonds is 2. The lowest BCUT2D eigenvalue weighted by Gasteiger charge is -2.37. The van der Waals surface area contributed by atoms with E-state index in [9.17, 15) is 0 Å². The maximum Gasteiger partial charge on any atom is 0.235 e. The summed E-state index contributed by atoms with van der Waals surface area (Å²) in [4.78, 5) is 8.04. The van der Waals surface area contributed by atoms with Crippen LogP contribution in [0.25, 0.3) is 0 Å². The van der Waals surface area contributed by atoms with Gasteiger partial charge in [0.15, 0.2) is 5.60 Å². The fourth-order valence-corrected chi connectivity index (χ4v) is 1.29. The van der Waals surface area contributed by atoms with Gasteiger partial charge in [-0.25, -0.2) is 4.98 Å². The summed E-state index contributed by atoms with van der Waals surface area (Å²) < 4.78 is 10.7. The van der Waals surface area contributed by atoms with Crippen LogP contribution in [0, 0.1) is 18.3 Å². The van der Waals surface area contributed by atoms with E-state index in [2.05, 4.69) is 9.97 Å². The van der Waals surface area contributed by atoms with Gasteiger partial charge in [0.2, 0.25) is 5.88 Å². The van der Waals surface area contributed by atoms with Crippen LogP contribution in [0.4, 0.5) is 0 Å². The van der Waals surface area contributed by atoms with Crippen LogP contribution in [0.5, 0.6) is 5.88 Å². The van der Waals surface area contributed by atoms with Gasteiger partial charge in [-0.2, -0.15) is 10.2 Å².